The van der Waals surface area contributed by atoms with Crippen LogP contribution in [0.15, 0.2) is 12.2 Å². The van der Waals surface area contributed by atoms with Crippen LogP contribution < -0.4 is 0 Å². The monoisotopic (exact) mass is 96.1 g/mol. The molecule has 0 heterocycles. The molecule has 0 fully saturated rings. The van der Waals surface area contributed by atoms with Gasteiger partial charge in [0.05, 0.1) is 0 Å². The standard InChI is InChI=1S/C6H8O/c1-4-6(7)5(2)3/h1,6-7H,2H2,3H3/t6-/m1/s1. The second-order valence-corrected chi connectivity index (χ2v) is 1.42. The molecule has 0 bridgehead atoms. The Bertz CT molecular complexity index is 108. The lowest BCUT2D eigenvalue weighted by molar-refractivity contribution is 0.269. The smallest absolute Gasteiger partial charge is 0.135 e. The summed E-state index contributed by atoms with van der Waals surface area (Å²) in [6.45, 7) is 5.12. The topological polar surface area (TPSA) is 20.2 Å². The molecule has 1 atom stereocenters. The van der Waals surface area contributed by atoms with Gasteiger partial charge in [0.15, 0.2) is 0 Å². The van der Waals surface area contributed by atoms with E-state index in [1.807, 2.05) is 0 Å². The van der Waals surface area contributed by atoms with E-state index in [-0.39, 0.29) is 0 Å². The van der Waals surface area contributed by atoms with E-state index in [2.05, 4.69) is 12.5 Å². The van der Waals surface area contributed by atoms with Crippen molar-refractivity contribution in [3.05, 3.63) is 12.2 Å². The van der Waals surface area contributed by atoms with Gasteiger partial charge in [0.25, 0.3) is 0 Å². The molecular weight excluding hydrogens is 88.1 g/mol. The highest BCUT2D eigenvalue weighted by molar-refractivity contribution is 5.12. The van der Waals surface area contributed by atoms with Crippen molar-refractivity contribution in [2.45, 2.75) is 13.0 Å². The van der Waals surface area contributed by atoms with Crippen LogP contribution in [0, 0.1) is 12.3 Å². The molecule has 0 aromatic carbocycles. The number of rotatable bonds is 1. The van der Waals surface area contributed by atoms with Crippen molar-refractivity contribution in [3.8, 4) is 12.3 Å². The van der Waals surface area contributed by atoms with Gasteiger partial charge in [-0.15, -0.1) is 6.42 Å². The molecule has 0 rings (SSSR count). The zero-order chi connectivity index (χ0) is 5.86. The molecule has 0 aliphatic carbocycles. The summed E-state index contributed by atoms with van der Waals surface area (Å²) in [6, 6.07) is 0. The first kappa shape index (κ1) is 6.26. The van der Waals surface area contributed by atoms with Gasteiger partial charge in [-0.1, -0.05) is 12.5 Å². The Balaban J connectivity index is 3.63. The Morgan fingerprint density at radius 3 is 2.43 bits per heavy atom. The van der Waals surface area contributed by atoms with Crippen LogP contribution in [0.2, 0.25) is 0 Å². The minimum Gasteiger partial charge on any atom is -0.376 e. The Hall–Kier alpha value is -0.740. The SMILES string of the molecule is C#C[C@@H](O)C(=C)C. The first-order chi connectivity index (χ1) is 3.18. The van der Waals surface area contributed by atoms with Gasteiger partial charge in [0, 0.05) is 0 Å². The van der Waals surface area contributed by atoms with Gasteiger partial charge >= 0.3 is 0 Å². The highest BCUT2D eigenvalue weighted by atomic mass is 16.3. The highest BCUT2D eigenvalue weighted by Gasteiger charge is 1.93. The maximum atomic E-state index is 8.60. The van der Waals surface area contributed by atoms with Gasteiger partial charge in [0.1, 0.15) is 6.10 Å². The van der Waals surface area contributed by atoms with Crippen LogP contribution in [-0.2, 0) is 0 Å². The van der Waals surface area contributed by atoms with E-state index >= 15 is 0 Å². The molecule has 0 unspecified atom stereocenters. The van der Waals surface area contributed by atoms with E-state index in [1.54, 1.807) is 6.92 Å². The maximum absolute atomic E-state index is 8.60. The third-order valence-corrected chi connectivity index (χ3v) is 0.625. The van der Waals surface area contributed by atoms with E-state index in [0.717, 1.165) is 0 Å². The van der Waals surface area contributed by atoms with Crippen LogP contribution in [0.1, 0.15) is 6.92 Å². The Morgan fingerprint density at radius 2 is 2.43 bits per heavy atom. The molecule has 0 aliphatic rings. The van der Waals surface area contributed by atoms with Crippen molar-refractivity contribution < 1.29 is 5.11 Å². The molecule has 0 aromatic heterocycles. The highest BCUT2D eigenvalue weighted by Crippen LogP contribution is 1.92. The summed E-state index contributed by atoms with van der Waals surface area (Å²) in [5.41, 5.74) is 0.613. The Labute approximate surface area is 43.7 Å². The van der Waals surface area contributed by atoms with Crippen molar-refractivity contribution in [3.63, 3.8) is 0 Å². The lowest BCUT2D eigenvalue weighted by Crippen LogP contribution is -2.01. The van der Waals surface area contributed by atoms with E-state index < -0.39 is 6.10 Å². The second-order valence-electron chi connectivity index (χ2n) is 1.42. The van der Waals surface area contributed by atoms with Gasteiger partial charge in [0.2, 0.25) is 0 Å². The summed E-state index contributed by atoms with van der Waals surface area (Å²) in [7, 11) is 0. The maximum Gasteiger partial charge on any atom is 0.135 e. The molecule has 0 amide bonds. The molecule has 7 heavy (non-hydrogen) atoms. The minimum atomic E-state index is -0.764. The molecule has 0 aliphatic heterocycles. The van der Waals surface area contributed by atoms with E-state index in [1.165, 1.54) is 0 Å². The van der Waals surface area contributed by atoms with Gasteiger partial charge < -0.3 is 5.11 Å². The van der Waals surface area contributed by atoms with Gasteiger partial charge in [-0.2, -0.15) is 0 Å². The minimum absolute atomic E-state index is 0.613. The Kier molecular flexibility index (Phi) is 2.18. The summed E-state index contributed by atoms with van der Waals surface area (Å²) < 4.78 is 0. The molecule has 0 radical (unpaired) electrons. The molecular formula is C6H8O. The molecule has 0 saturated heterocycles. The largest absolute Gasteiger partial charge is 0.376 e. The fourth-order valence-electron chi connectivity index (χ4n) is 0.142. The third-order valence-electron chi connectivity index (χ3n) is 0.625. The summed E-state index contributed by atoms with van der Waals surface area (Å²) in [6.07, 6.45) is 4.05. The van der Waals surface area contributed by atoms with Gasteiger partial charge in [-0.05, 0) is 12.5 Å². The summed E-state index contributed by atoms with van der Waals surface area (Å²) in [5.74, 6) is 2.12. The molecule has 0 spiro atoms. The van der Waals surface area contributed by atoms with E-state index in [9.17, 15) is 0 Å². The van der Waals surface area contributed by atoms with E-state index in [4.69, 9.17) is 11.5 Å². The average Bonchev–Trinajstić information content (AvgIpc) is 1.65. The van der Waals surface area contributed by atoms with Crippen LogP contribution >= 0.6 is 0 Å². The Morgan fingerprint density at radius 1 is 2.00 bits per heavy atom. The van der Waals surface area contributed by atoms with Gasteiger partial charge in [-0.25, -0.2) is 0 Å². The molecule has 1 heteroatoms. The summed E-state index contributed by atoms with van der Waals surface area (Å²) in [4.78, 5) is 0. The van der Waals surface area contributed by atoms with E-state index in [0.29, 0.717) is 5.57 Å². The summed E-state index contributed by atoms with van der Waals surface area (Å²) in [5, 5.41) is 8.60. The van der Waals surface area contributed by atoms with Crippen LogP contribution in [0.3, 0.4) is 0 Å². The molecule has 0 aromatic rings. The molecule has 1 nitrogen and oxygen atoms in total. The number of aliphatic hydroxyl groups is 1. The molecule has 38 valence electrons. The third kappa shape index (κ3) is 2.02. The number of hydrogen-bond acceptors (Lipinski definition) is 1. The zero-order valence-corrected chi connectivity index (χ0v) is 4.31. The number of hydrogen-bond donors (Lipinski definition) is 1. The lowest BCUT2D eigenvalue weighted by atomic mass is 10.2. The normalized spacial score (nSPS) is 12.1. The zero-order valence-electron chi connectivity index (χ0n) is 4.31. The van der Waals surface area contributed by atoms with Crippen LogP contribution in [0.25, 0.3) is 0 Å². The van der Waals surface area contributed by atoms with Crippen molar-refractivity contribution in [1.82, 2.24) is 0 Å². The van der Waals surface area contributed by atoms with Crippen LogP contribution in [0.5, 0.6) is 0 Å². The van der Waals surface area contributed by atoms with Crippen molar-refractivity contribution >= 4 is 0 Å². The fraction of sp³-hybridized carbons (Fsp3) is 0.333. The average molecular weight is 96.1 g/mol. The lowest BCUT2D eigenvalue weighted by Gasteiger charge is -1.96. The number of terminal acetylenes is 1. The summed E-state index contributed by atoms with van der Waals surface area (Å²) >= 11 is 0. The predicted octanol–water partition coefficient (Wildman–Crippen LogP) is 0.557. The van der Waals surface area contributed by atoms with Gasteiger partial charge in [-0.3, -0.25) is 0 Å². The molecule has 0 saturated carbocycles. The van der Waals surface area contributed by atoms with Crippen LogP contribution in [0.4, 0.5) is 0 Å². The number of aliphatic hydroxyl groups excluding tert-OH is 1. The van der Waals surface area contributed by atoms with Crippen molar-refractivity contribution in [1.29, 1.82) is 0 Å². The van der Waals surface area contributed by atoms with Crippen LogP contribution in [-0.4, -0.2) is 11.2 Å². The van der Waals surface area contributed by atoms with Crippen molar-refractivity contribution in [2.75, 3.05) is 0 Å². The fourth-order valence-corrected chi connectivity index (χ4v) is 0.142. The van der Waals surface area contributed by atoms with Crippen molar-refractivity contribution in [2.24, 2.45) is 0 Å². The first-order valence-electron chi connectivity index (χ1n) is 1.98. The second kappa shape index (κ2) is 2.44. The molecule has 1 N–H and O–H groups in total. The quantitative estimate of drug-likeness (QED) is 0.373. The predicted molar refractivity (Wildman–Crippen MR) is 29.7 cm³/mol. The first-order valence-corrected chi connectivity index (χ1v) is 1.98.